The normalized spacial score (nSPS) is 15.1. The van der Waals surface area contributed by atoms with Crippen molar-refractivity contribution in [1.29, 1.82) is 0 Å². The summed E-state index contributed by atoms with van der Waals surface area (Å²) in [7, 11) is 0. The predicted octanol–water partition coefficient (Wildman–Crippen LogP) is 4.34. The Morgan fingerprint density at radius 1 is 1.14 bits per heavy atom. The molecule has 0 radical (unpaired) electrons. The zero-order chi connectivity index (χ0) is 15.5. The maximum atomic E-state index is 12.0. The third kappa shape index (κ3) is 3.08. The second kappa shape index (κ2) is 6.38. The van der Waals surface area contributed by atoms with E-state index in [0.29, 0.717) is 34.3 Å². The molecule has 2 aromatic rings. The molecule has 0 aliphatic carbocycles. The molecule has 0 N–H and O–H groups in total. The monoisotopic (exact) mass is 335 g/mol. The van der Waals surface area contributed by atoms with Crippen LogP contribution in [-0.4, -0.2) is 18.3 Å². The molecule has 0 amide bonds. The van der Waals surface area contributed by atoms with Crippen molar-refractivity contribution in [1.82, 2.24) is 0 Å². The molecule has 0 spiro atoms. The molecule has 6 heteroatoms. The first-order chi connectivity index (χ1) is 10.6. The van der Waals surface area contributed by atoms with Crippen molar-refractivity contribution in [2.24, 2.45) is 5.16 Å². The second-order valence-corrected chi connectivity index (χ2v) is 5.45. The molecule has 4 nitrogen and oxygen atoms in total. The highest BCUT2D eigenvalue weighted by Crippen LogP contribution is 2.25. The molecular weight excluding hydrogens is 325 g/mol. The van der Waals surface area contributed by atoms with Gasteiger partial charge < -0.3 is 9.57 Å². The molecule has 1 aliphatic rings. The average Bonchev–Trinajstić information content (AvgIpc) is 2.55. The summed E-state index contributed by atoms with van der Waals surface area (Å²) in [5.74, 6) is 0.146. The van der Waals surface area contributed by atoms with Gasteiger partial charge in [0.05, 0.1) is 27.9 Å². The molecule has 0 fully saturated rings. The van der Waals surface area contributed by atoms with E-state index in [1.54, 1.807) is 0 Å². The largest absolute Gasteiger partial charge is 0.492 e. The first-order valence-corrected chi connectivity index (χ1v) is 7.36. The van der Waals surface area contributed by atoms with Crippen molar-refractivity contribution in [3.8, 4) is 5.75 Å². The smallest absolute Gasteiger partial charge is 0.365 e. The van der Waals surface area contributed by atoms with Gasteiger partial charge in [-0.2, -0.15) is 0 Å². The number of carbonyl (C=O) groups is 1. The fraction of sp³-hybridized carbons (Fsp3) is 0.125. The Morgan fingerprint density at radius 2 is 1.95 bits per heavy atom. The highest BCUT2D eigenvalue weighted by molar-refractivity contribution is 6.42. The summed E-state index contributed by atoms with van der Waals surface area (Å²) in [6.07, 6.45) is 0.575. The Kier molecular flexibility index (Phi) is 4.32. The number of hydrogen-bond acceptors (Lipinski definition) is 4. The van der Waals surface area contributed by atoms with Gasteiger partial charge in [-0.1, -0.05) is 40.5 Å². The molecule has 0 bridgehead atoms. The topological polar surface area (TPSA) is 47.9 Å². The fourth-order valence-electron chi connectivity index (χ4n) is 2.09. The van der Waals surface area contributed by atoms with Crippen molar-refractivity contribution in [2.75, 3.05) is 6.61 Å². The number of fused-ring (bicyclic) bond motifs is 1. The molecular formula is C16H11Cl2NO3. The van der Waals surface area contributed by atoms with E-state index < -0.39 is 5.97 Å². The zero-order valence-electron chi connectivity index (χ0n) is 11.4. The van der Waals surface area contributed by atoms with Gasteiger partial charge in [0.2, 0.25) is 0 Å². The van der Waals surface area contributed by atoms with E-state index in [1.807, 2.05) is 24.3 Å². The minimum atomic E-state index is -0.588. The van der Waals surface area contributed by atoms with E-state index in [2.05, 4.69) is 5.16 Å². The van der Waals surface area contributed by atoms with Crippen LogP contribution in [0.25, 0.3) is 0 Å². The van der Waals surface area contributed by atoms with Gasteiger partial charge in [-0.3, -0.25) is 0 Å². The summed E-state index contributed by atoms with van der Waals surface area (Å²) >= 11 is 11.7. The number of para-hydroxylation sites is 1. The minimum Gasteiger partial charge on any atom is -0.492 e. The average molecular weight is 336 g/mol. The maximum Gasteiger partial charge on any atom is 0.365 e. The molecule has 0 saturated heterocycles. The molecule has 0 saturated carbocycles. The third-order valence-corrected chi connectivity index (χ3v) is 3.93. The minimum absolute atomic E-state index is 0.291. The van der Waals surface area contributed by atoms with Crippen LogP contribution in [0.5, 0.6) is 5.75 Å². The predicted molar refractivity (Wildman–Crippen MR) is 85.0 cm³/mol. The SMILES string of the molecule is O=C(O/N=C1\CCOc2ccccc21)c1ccc(Cl)c(Cl)c1. The number of nitrogens with zero attached hydrogens (tertiary/aromatic N) is 1. The highest BCUT2D eigenvalue weighted by atomic mass is 35.5. The van der Waals surface area contributed by atoms with Crippen LogP contribution < -0.4 is 4.74 Å². The number of benzene rings is 2. The van der Waals surface area contributed by atoms with Crippen LogP contribution in [0.3, 0.4) is 0 Å². The van der Waals surface area contributed by atoms with Crippen molar-refractivity contribution < 1.29 is 14.4 Å². The van der Waals surface area contributed by atoms with Gasteiger partial charge in [-0.25, -0.2) is 4.79 Å². The van der Waals surface area contributed by atoms with Gasteiger partial charge in [-0.15, -0.1) is 0 Å². The third-order valence-electron chi connectivity index (χ3n) is 3.19. The lowest BCUT2D eigenvalue weighted by Gasteiger charge is -2.17. The van der Waals surface area contributed by atoms with Crippen molar-refractivity contribution in [2.45, 2.75) is 6.42 Å². The van der Waals surface area contributed by atoms with Gasteiger partial charge in [0, 0.05) is 12.0 Å². The first kappa shape index (κ1) is 14.9. The standard InChI is InChI=1S/C16H11Cl2NO3/c17-12-6-5-10(9-13(12)18)16(20)22-19-14-7-8-21-15-4-2-1-3-11(14)15/h1-6,9H,7-8H2/b19-14+. The van der Waals surface area contributed by atoms with E-state index in [0.717, 1.165) is 11.3 Å². The van der Waals surface area contributed by atoms with Crippen molar-refractivity contribution in [3.63, 3.8) is 0 Å². The lowest BCUT2D eigenvalue weighted by molar-refractivity contribution is 0.0514. The molecule has 1 heterocycles. The van der Waals surface area contributed by atoms with Crippen LogP contribution in [0.15, 0.2) is 47.6 Å². The van der Waals surface area contributed by atoms with Crippen LogP contribution >= 0.6 is 23.2 Å². The Morgan fingerprint density at radius 3 is 2.77 bits per heavy atom. The lowest BCUT2D eigenvalue weighted by Crippen LogP contribution is -2.17. The fourth-order valence-corrected chi connectivity index (χ4v) is 2.39. The number of ether oxygens (including phenoxy) is 1. The molecule has 22 heavy (non-hydrogen) atoms. The van der Waals surface area contributed by atoms with E-state index >= 15 is 0 Å². The second-order valence-electron chi connectivity index (χ2n) is 4.64. The summed E-state index contributed by atoms with van der Waals surface area (Å²) in [6, 6.07) is 12.0. The van der Waals surface area contributed by atoms with Crippen molar-refractivity contribution in [3.05, 3.63) is 63.6 Å². The molecule has 0 aromatic heterocycles. The molecule has 0 atom stereocenters. The zero-order valence-corrected chi connectivity index (χ0v) is 12.9. The summed E-state index contributed by atoms with van der Waals surface area (Å²) in [4.78, 5) is 17.0. The van der Waals surface area contributed by atoms with E-state index in [9.17, 15) is 4.79 Å². The van der Waals surface area contributed by atoms with Crippen LogP contribution in [0.4, 0.5) is 0 Å². The van der Waals surface area contributed by atoms with E-state index in [1.165, 1.54) is 18.2 Å². The van der Waals surface area contributed by atoms with Gasteiger partial charge in [-0.05, 0) is 30.3 Å². The summed E-state index contributed by atoms with van der Waals surface area (Å²) in [5.41, 5.74) is 1.80. The number of oxime groups is 1. The van der Waals surface area contributed by atoms with Crippen LogP contribution in [0.1, 0.15) is 22.3 Å². The van der Waals surface area contributed by atoms with Crippen LogP contribution in [0, 0.1) is 0 Å². The van der Waals surface area contributed by atoms with Gasteiger partial charge >= 0.3 is 5.97 Å². The maximum absolute atomic E-state index is 12.0. The number of hydrogen-bond donors (Lipinski definition) is 0. The number of rotatable bonds is 2. The molecule has 112 valence electrons. The number of carbonyl (C=O) groups excluding carboxylic acids is 1. The van der Waals surface area contributed by atoms with Gasteiger partial charge in [0.15, 0.2) is 0 Å². The van der Waals surface area contributed by atoms with Gasteiger partial charge in [0.25, 0.3) is 0 Å². The highest BCUT2D eigenvalue weighted by Gasteiger charge is 2.17. The quantitative estimate of drug-likeness (QED) is 0.606. The summed E-state index contributed by atoms with van der Waals surface area (Å²) in [5, 5.41) is 4.63. The Balaban J connectivity index is 1.79. The number of halogens is 2. The van der Waals surface area contributed by atoms with Crippen LogP contribution in [-0.2, 0) is 4.84 Å². The molecule has 0 unspecified atom stereocenters. The lowest BCUT2D eigenvalue weighted by atomic mass is 10.0. The summed E-state index contributed by atoms with van der Waals surface area (Å²) < 4.78 is 5.52. The molecule has 1 aliphatic heterocycles. The van der Waals surface area contributed by atoms with Crippen molar-refractivity contribution >= 4 is 34.9 Å². The van der Waals surface area contributed by atoms with E-state index in [-0.39, 0.29) is 0 Å². The van der Waals surface area contributed by atoms with E-state index in [4.69, 9.17) is 32.8 Å². The summed E-state index contributed by atoms with van der Waals surface area (Å²) in [6.45, 7) is 0.500. The van der Waals surface area contributed by atoms with Crippen LogP contribution in [0.2, 0.25) is 10.0 Å². The molecule has 3 rings (SSSR count). The van der Waals surface area contributed by atoms with Gasteiger partial charge in [0.1, 0.15) is 5.75 Å². The molecule has 2 aromatic carbocycles. The Hall–Kier alpha value is -2.04. The first-order valence-electron chi connectivity index (χ1n) is 6.60. The Bertz CT molecular complexity index is 759. The Labute approximate surface area is 137 Å².